The van der Waals surface area contributed by atoms with Gasteiger partial charge in [0.2, 0.25) is 0 Å². The number of hydrogen-bond donors (Lipinski definition) is 0. The highest BCUT2D eigenvalue weighted by Crippen LogP contribution is 2.21. The van der Waals surface area contributed by atoms with Gasteiger partial charge in [0.25, 0.3) is 0 Å². The quantitative estimate of drug-likeness (QED) is 0.700. The van der Waals surface area contributed by atoms with E-state index in [1.165, 1.54) is 0 Å². The fourth-order valence-corrected chi connectivity index (χ4v) is 5.00. The van der Waals surface area contributed by atoms with Crippen LogP contribution in [0.2, 0.25) is 0 Å². The van der Waals surface area contributed by atoms with Gasteiger partial charge in [-0.2, -0.15) is 0 Å². The summed E-state index contributed by atoms with van der Waals surface area (Å²) < 4.78 is 23.2. The number of fused-ring (bicyclic) bond motifs is 1. The molecule has 22 heavy (non-hydrogen) atoms. The summed E-state index contributed by atoms with van der Waals surface area (Å²) in [5, 5.41) is 3.24. The maximum absolute atomic E-state index is 5.96. The topological polar surface area (TPSA) is 36.9 Å². The highest BCUT2D eigenvalue weighted by molar-refractivity contribution is 6.75. The van der Waals surface area contributed by atoms with Crippen LogP contribution in [0.3, 0.4) is 0 Å². The van der Waals surface area contributed by atoms with Gasteiger partial charge in [-0.3, -0.25) is 0 Å². The molecule has 0 saturated heterocycles. The molecule has 0 amide bonds. The summed E-state index contributed by atoms with van der Waals surface area (Å²) in [6.07, 6.45) is 0. The average Bonchev–Trinajstić information content (AvgIpc) is 2.54. The average molecular weight is 320 g/mol. The molecule has 4 nitrogen and oxygen atoms in total. The summed E-state index contributed by atoms with van der Waals surface area (Å²) in [4.78, 5) is 0. The second-order valence-electron chi connectivity index (χ2n) is 4.78. The summed E-state index contributed by atoms with van der Waals surface area (Å²) in [7, 11) is -1.17. The zero-order valence-corrected chi connectivity index (χ0v) is 14.7. The molecule has 2 aromatic carbocycles. The van der Waals surface area contributed by atoms with Gasteiger partial charge in [-0.1, -0.05) is 18.2 Å². The van der Waals surface area contributed by atoms with Gasteiger partial charge in [0.05, 0.1) is 7.11 Å². The van der Waals surface area contributed by atoms with Gasteiger partial charge in [-0.25, -0.2) is 0 Å². The van der Waals surface area contributed by atoms with Crippen LogP contribution in [0.4, 0.5) is 0 Å². The zero-order valence-electron chi connectivity index (χ0n) is 13.7. The Bertz CT molecular complexity index is 598. The molecule has 0 radical (unpaired) electrons. The smallest absolute Gasteiger partial charge is 0.497 e. The first-order valence-corrected chi connectivity index (χ1v) is 9.41. The number of rotatable bonds is 8. The van der Waals surface area contributed by atoms with Crippen molar-refractivity contribution in [2.24, 2.45) is 0 Å². The Morgan fingerprint density at radius 1 is 0.773 bits per heavy atom. The Balaban J connectivity index is 2.48. The van der Waals surface area contributed by atoms with Crippen molar-refractivity contribution in [2.45, 2.75) is 20.8 Å². The van der Waals surface area contributed by atoms with Crippen LogP contribution in [0.15, 0.2) is 36.4 Å². The highest BCUT2D eigenvalue weighted by atomic mass is 28.4. The second-order valence-corrected chi connectivity index (χ2v) is 7.34. The first-order valence-electron chi connectivity index (χ1n) is 7.69. The molecule has 0 aromatic heterocycles. The van der Waals surface area contributed by atoms with E-state index in [4.69, 9.17) is 18.0 Å². The van der Waals surface area contributed by atoms with Gasteiger partial charge in [0.1, 0.15) is 5.75 Å². The summed E-state index contributed by atoms with van der Waals surface area (Å²) >= 11 is 0. The lowest BCUT2D eigenvalue weighted by atomic mass is 10.1. The third kappa shape index (κ3) is 3.49. The third-order valence-electron chi connectivity index (χ3n) is 3.40. The number of benzene rings is 2. The number of methoxy groups -OCH3 is 1. The van der Waals surface area contributed by atoms with Crippen LogP contribution in [0.5, 0.6) is 5.75 Å². The maximum Gasteiger partial charge on any atom is 0.537 e. The lowest BCUT2D eigenvalue weighted by molar-refractivity contribution is 0.0859. The standard InChI is InChI=1S/C17H24O4Si/c1-5-19-22(20-6-2,21-7-3)17-11-9-14-12-16(18-4)10-8-15(14)13-17/h8-13H,5-7H2,1-4H3. The van der Waals surface area contributed by atoms with Crippen molar-refractivity contribution in [3.05, 3.63) is 36.4 Å². The van der Waals surface area contributed by atoms with E-state index in [9.17, 15) is 0 Å². The molecule has 0 aliphatic carbocycles. The normalized spacial score (nSPS) is 11.8. The van der Waals surface area contributed by atoms with Crippen molar-refractivity contribution in [1.82, 2.24) is 0 Å². The Morgan fingerprint density at radius 3 is 1.86 bits per heavy atom. The molecular formula is C17H24O4Si. The zero-order chi connectivity index (χ0) is 16.0. The van der Waals surface area contributed by atoms with E-state index in [0.717, 1.165) is 21.7 Å². The van der Waals surface area contributed by atoms with E-state index in [-0.39, 0.29) is 0 Å². The van der Waals surface area contributed by atoms with Gasteiger partial charge in [0.15, 0.2) is 0 Å². The van der Waals surface area contributed by atoms with Crippen molar-refractivity contribution >= 4 is 24.8 Å². The molecule has 0 fully saturated rings. The van der Waals surface area contributed by atoms with E-state index in [1.54, 1.807) is 7.11 Å². The SMILES string of the molecule is CCO[Si](OCC)(OCC)c1ccc2cc(OC)ccc2c1. The van der Waals surface area contributed by atoms with Gasteiger partial charge in [-0.05, 0) is 49.7 Å². The van der Waals surface area contributed by atoms with E-state index in [0.29, 0.717) is 19.8 Å². The minimum atomic E-state index is -2.84. The molecule has 0 saturated carbocycles. The number of hydrogen-bond acceptors (Lipinski definition) is 4. The van der Waals surface area contributed by atoms with Crippen LogP contribution < -0.4 is 9.92 Å². The Morgan fingerprint density at radius 2 is 1.32 bits per heavy atom. The van der Waals surface area contributed by atoms with E-state index in [2.05, 4.69) is 12.1 Å². The van der Waals surface area contributed by atoms with E-state index >= 15 is 0 Å². The molecular weight excluding hydrogens is 296 g/mol. The molecule has 0 N–H and O–H groups in total. The van der Waals surface area contributed by atoms with Crippen molar-refractivity contribution in [3.8, 4) is 5.75 Å². The molecule has 2 rings (SSSR count). The summed E-state index contributed by atoms with van der Waals surface area (Å²) in [6.45, 7) is 7.58. The molecule has 0 heterocycles. The fourth-order valence-electron chi connectivity index (χ4n) is 2.49. The lowest BCUT2D eigenvalue weighted by Crippen LogP contribution is -2.56. The van der Waals surface area contributed by atoms with Gasteiger partial charge in [0, 0.05) is 25.0 Å². The van der Waals surface area contributed by atoms with Gasteiger partial charge < -0.3 is 18.0 Å². The first-order chi connectivity index (χ1) is 10.7. The summed E-state index contributed by atoms with van der Waals surface area (Å²) in [6, 6.07) is 12.2. The predicted octanol–water partition coefficient (Wildman–Crippen LogP) is 3.10. The molecule has 120 valence electrons. The monoisotopic (exact) mass is 320 g/mol. The Hall–Kier alpha value is -1.40. The largest absolute Gasteiger partial charge is 0.537 e. The lowest BCUT2D eigenvalue weighted by Gasteiger charge is -2.28. The minimum absolute atomic E-state index is 0.562. The first kappa shape index (κ1) is 17.0. The van der Waals surface area contributed by atoms with E-state index in [1.807, 2.05) is 45.0 Å². The maximum atomic E-state index is 5.96. The molecule has 2 aromatic rings. The van der Waals surface area contributed by atoms with Crippen LogP contribution in [0.25, 0.3) is 10.8 Å². The molecule has 0 aliphatic rings. The minimum Gasteiger partial charge on any atom is -0.497 e. The van der Waals surface area contributed by atoms with Crippen molar-refractivity contribution in [3.63, 3.8) is 0 Å². The predicted molar refractivity (Wildman–Crippen MR) is 90.8 cm³/mol. The fraction of sp³-hybridized carbons (Fsp3) is 0.412. The molecule has 0 aliphatic heterocycles. The summed E-state index contributed by atoms with van der Waals surface area (Å²) in [5.41, 5.74) is 0. The van der Waals surface area contributed by atoms with Crippen molar-refractivity contribution in [2.75, 3.05) is 26.9 Å². The van der Waals surface area contributed by atoms with Crippen LogP contribution in [-0.4, -0.2) is 35.7 Å². The molecule has 0 unspecified atom stereocenters. The Labute approximate surface area is 133 Å². The van der Waals surface area contributed by atoms with Crippen LogP contribution in [0.1, 0.15) is 20.8 Å². The van der Waals surface area contributed by atoms with Crippen LogP contribution in [0, 0.1) is 0 Å². The van der Waals surface area contributed by atoms with Crippen molar-refractivity contribution in [1.29, 1.82) is 0 Å². The van der Waals surface area contributed by atoms with E-state index < -0.39 is 8.80 Å². The molecule has 0 spiro atoms. The van der Waals surface area contributed by atoms with Gasteiger partial charge >= 0.3 is 8.80 Å². The second kappa shape index (κ2) is 7.74. The van der Waals surface area contributed by atoms with Crippen molar-refractivity contribution < 1.29 is 18.0 Å². The molecule has 0 atom stereocenters. The van der Waals surface area contributed by atoms with Gasteiger partial charge in [-0.15, -0.1) is 0 Å². The molecule has 5 heteroatoms. The highest BCUT2D eigenvalue weighted by Gasteiger charge is 2.43. The van der Waals surface area contributed by atoms with Crippen LogP contribution >= 0.6 is 0 Å². The van der Waals surface area contributed by atoms with Crippen LogP contribution in [-0.2, 0) is 13.3 Å². The Kier molecular flexibility index (Phi) is 5.96. The third-order valence-corrected chi connectivity index (χ3v) is 6.43. The summed E-state index contributed by atoms with van der Waals surface area (Å²) in [5.74, 6) is 0.850. The molecule has 0 bridgehead atoms. The number of ether oxygens (including phenoxy) is 1.